The van der Waals surface area contributed by atoms with Crippen molar-refractivity contribution in [1.82, 2.24) is 4.98 Å². The van der Waals surface area contributed by atoms with Crippen molar-refractivity contribution < 1.29 is 14.7 Å². The third-order valence-electron chi connectivity index (χ3n) is 3.30. The molecule has 0 fully saturated rings. The Morgan fingerprint density at radius 2 is 1.89 bits per heavy atom. The number of anilines is 3. The number of thiazole rings is 1. The van der Waals surface area contributed by atoms with Crippen molar-refractivity contribution in [3.05, 3.63) is 58.0 Å². The molecule has 138 valence electrons. The maximum atomic E-state index is 12.3. The molecule has 0 aliphatic rings. The number of hydrogen-bond acceptors (Lipinski definition) is 6. The highest BCUT2D eigenvalue weighted by Crippen LogP contribution is 2.33. The number of benzene rings is 2. The van der Waals surface area contributed by atoms with Crippen molar-refractivity contribution in [1.29, 1.82) is 0 Å². The second-order valence-corrected chi connectivity index (χ2v) is 8.76. The van der Waals surface area contributed by atoms with Crippen LogP contribution in [0.1, 0.15) is 10.4 Å². The molecule has 2 amide bonds. The number of carboxylic acid groups (broad SMARTS) is 1. The first-order chi connectivity index (χ1) is 12.9. The average Bonchev–Trinajstić information content (AvgIpc) is 3.02. The third kappa shape index (κ3) is 5.22. The van der Waals surface area contributed by atoms with Gasteiger partial charge >= 0.3 is 6.09 Å². The van der Waals surface area contributed by atoms with E-state index in [1.807, 2.05) is 0 Å². The summed E-state index contributed by atoms with van der Waals surface area (Å²) in [5, 5.41) is 14.2. The summed E-state index contributed by atoms with van der Waals surface area (Å²) >= 11 is 6.04. The lowest BCUT2D eigenvalue weighted by Crippen LogP contribution is -2.12. The zero-order valence-electron chi connectivity index (χ0n) is 13.6. The van der Waals surface area contributed by atoms with E-state index < -0.39 is 6.09 Å². The molecule has 7 nitrogen and oxygen atoms in total. The lowest BCUT2D eigenvalue weighted by Gasteiger charge is -2.09. The van der Waals surface area contributed by atoms with E-state index in [0.717, 1.165) is 13.6 Å². The number of rotatable bonds is 5. The fraction of sp³-hybridized carbons (Fsp3) is 0. The minimum atomic E-state index is -1.11. The highest BCUT2D eigenvalue weighted by atomic mass is 79.9. The molecule has 0 aliphatic carbocycles. The van der Waals surface area contributed by atoms with E-state index in [4.69, 9.17) is 10.8 Å². The van der Waals surface area contributed by atoms with Crippen LogP contribution in [0.2, 0.25) is 0 Å². The lowest BCUT2D eigenvalue weighted by atomic mass is 10.2. The fourth-order valence-corrected chi connectivity index (χ4v) is 4.06. The number of hydrogen-bond donors (Lipinski definition) is 4. The van der Waals surface area contributed by atoms with Crippen LogP contribution >= 0.6 is 39.0 Å². The summed E-state index contributed by atoms with van der Waals surface area (Å²) in [6, 6.07) is 12.0. The second-order valence-electron chi connectivity index (χ2n) is 5.23. The van der Waals surface area contributed by atoms with Gasteiger partial charge in [-0.3, -0.25) is 15.4 Å². The monoisotopic (exact) mass is 464 g/mol. The first-order valence-corrected chi connectivity index (χ1v) is 9.93. The van der Waals surface area contributed by atoms with Gasteiger partial charge in [-0.2, -0.15) is 0 Å². The number of carbonyl (C=O) groups excluding carboxylic acids is 1. The molecule has 10 heteroatoms. The van der Waals surface area contributed by atoms with Gasteiger partial charge in [0.2, 0.25) is 0 Å². The number of nitrogens with two attached hydrogens (primary N) is 1. The fourth-order valence-electron chi connectivity index (χ4n) is 2.12. The predicted octanol–water partition coefficient (Wildman–Crippen LogP) is 4.98. The van der Waals surface area contributed by atoms with Crippen molar-refractivity contribution in [2.75, 3.05) is 16.4 Å². The lowest BCUT2D eigenvalue weighted by molar-refractivity contribution is 0.102. The van der Waals surface area contributed by atoms with Gasteiger partial charge in [0.15, 0.2) is 5.13 Å². The number of nitrogens with zero attached hydrogens (tertiary/aromatic N) is 1. The van der Waals surface area contributed by atoms with E-state index in [-0.39, 0.29) is 5.91 Å². The SMILES string of the molecule is Nc1cc(C(=O)Nc2ncc(Br)s2)ccc1Sc1ccc(NC(=O)O)cc1. The van der Waals surface area contributed by atoms with Crippen LogP contribution in [0.15, 0.2) is 62.2 Å². The Hall–Kier alpha value is -2.56. The molecule has 0 saturated heterocycles. The molecule has 0 unspecified atom stereocenters. The van der Waals surface area contributed by atoms with Gasteiger partial charge in [0.1, 0.15) is 0 Å². The van der Waals surface area contributed by atoms with Crippen LogP contribution in [0.25, 0.3) is 0 Å². The van der Waals surface area contributed by atoms with Crippen LogP contribution in [-0.2, 0) is 0 Å². The number of carbonyl (C=O) groups is 2. The van der Waals surface area contributed by atoms with Crippen LogP contribution in [0.5, 0.6) is 0 Å². The molecule has 0 spiro atoms. The molecule has 3 aromatic rings. The summed E-state index contributed by atoms with van der Waals surface area (Å²) in [5.74, 6) is -0.288. The summed E-state index contributed by atoms with van der Waals surface area (Å²) in [5.41, 5.74) is 7.48. The zero-order valence-corrected chi connectivity index (χ0v) is 16.8. The standard InChI is InChI=1S/C17H13BrN4O3S2/c18-14-8-20-16(27-14)22-15(23)9-1-6-13(12(19)7-9)26-11-4-2-10(3-5-11)21-17(24)25/h1-8,21H,19H2,(H,24,25)(H,20,22,23). The maximum Gasteiger partial charge on any atom is 0.409 e. The number of amides is 2. The molecule has 5 N–H and O–H groups in total. The number of halogens is 1. The van der Waals surface area contributed by atoms with Gasteiger partial charge in [-0.15, -0.1) is 0 Å². The summed E-state index contributed by atoms with van der Waals surface area (Å²) in [7, 11) is 0. The molecule has 0 bridgehead atoms. The van der Waals surface area contributed by atoms with E-state index in [1.165, 1.54) is 23.1 Å². The number of nitrogens with one attached hydrogen (secondary N) is 2. The van der Waals surface area contributed by atoms with E-state index in [0.29, 0.717) is 22.1 Å². The minimum Gasteiger partial charge on any atom is -0.465 e. The molecule has 0 radical (unpaired) electrons. The largest absolute Gasteiger partial charge is 0.465 e. The topological polar surface area (TPSA) is 117 Å². The van der Waals surface area contributed by atoms with E-state index in [2.05, 4.69) is 31.5 Å². The van der Waals surface area contributed by atoms with Crippen LogP contribution in [-0.4, -0.2) is 22.1 Å². The van der Waals surface area contributed by atoms with E-state index >= 15 is 0 Å². The maximum absolute atomic E-state index is 12.3. The van der Waals surface area contributed by atoms with Crippen LogP contribution in [0.4, 0.5) is 21.3 Å². The Morgan fingerprint density at radius 1 is 1.15 bits per heavy atom. The Kier molecular flexibility index (Phi) is 5.99. The molecule has 1 heterocycles. The number of nitrogen functional groups attached to an aromatic ring is 1. The third-order valence-corrected chi connectivity index (χ3v) is 5.79. The van der Waals surface area contributed by atoms with Gasteiger partial charge < -0.3 is 10.8 Å². The Morgan fingerprint density at radius 3 is 2.48 bits per heavy atom. The highest BCUT2D eigenvalue weighted by Gasteiger charge is 2.11. The highest BCUT2D eigenvalue weighted by molar-refractivity contribution is 9.11. The van der Waals surface area contributed by atoms with Gasteiger partial charge in [0.05, 0.1) is 9.98 Å². The van der Waals surface area contributed by atoms with Crippen LogP contribution in [0, 0.1) is 0 Å². The molecule has 0 aliphatic heterocycles. The summed E-state index contributed by atoms with van der Waals surface area (Å²) < 4.78 is 0.827. The van der Waals surface area contributed by atoms with Gasteiger partial charge in [-0.1, -0.05) is 23.1 Å². The van der Waals surface area contributed by atoms with Crippen molar-refractivity contribution in [3.8, 4) is 0 Å². The molecule has 2 aromatic carbocycles. The smallest absolute Gasteiger partial charge is 0.409 e. The summed E-state index contributed by atoms with van der Waals surface area (Å²) in [6.45, 7) is 0. The summed E-state index contributed by atoms with van der Waals surface area (Å²) in [4.78, 5) is 28.7. The molecule has 0 atom stereocenters. The molecular formula is C17H13BrN4O3S2. The summed E-state index contributed by atoms with van der Waals surface area (Å²) in [6.07, 6.45) is 0.504. The van der Waals surface area contributed by atoms with Gasteiger partial charge in [-0.25, -0.2) is 9.78 Å². The minimum absolute atomic E-state index is 0.288. The van der Waals surface area contributed by atoms with E-state index in [1.54, 1.807) is 48.7 Å². The van der Waals surface area contributed by atoms with Gasteiger partial charge in [0, 0.05) is 26.7 Å². The van der Waals surface area contributed by atoms with Crippen molar-refractivity contribution in [2.45, 2.75) is 9.79 Å². The predicted molar refractivity (Wildman–Crippen MR) is 111 cm³/mol. The molecule has 0 saturated carbocycles. The zero-order chi connectivity index (χ0) is 19.4. The van der Waals surface area contributed by atoms with Crippen molar-refractivity contribution in [3.63, 3.8) is 0 Å². The Bertz CT molecular complexity index is 992. The van der Waals surface area contributed by atoms with Crippen molar-refractivity contribution >= 4 is 67.5 Å². The van der Waals surface area contributed by atoms with Gasteiger partial charge in [-0.05, 0) is 58.4 Å². The Labute approximate surface area is 171 Å². The van der Waals surface area contributed by atoms with Crippen LogP contribution < -0.4 is 16.4 Å². The molecule has 3 rings (SSSR count). The first-order valence-electron chi connectivity index (χ1n) is 7.51. The van der Waals surface area contributed by atoms with Crippen LogP contribution in [0.3, 0.4) is 0 Å². The van der Waals surface area contributed by atoms with Crippen molar-refractivity contribution in [2.24, 2.45) is 0 Å². The average molecular weight is 465 g/mol. The number of aromatic nitrogens is 1. The normalized spacial score (nSPS) is 10.4. The first kappa shape index (κ1) is 19.2. The quantitative estimate of drug-likeness (QED) is 0.395. The molecule has 1 aromatic heterocycles. The Balaban J connectivity index is 1.69. The molecule has 27 heavy (non-hydrogen) atoms. The van der Waals surface area contributed by atoms with Gasteiger partial charge in [0.25, 0.3) is 5.91 Å². The van der Waals surface area contributed by atoms with E-state index in [9.17, 15) is 9.59 Å². The second kappa shape index (κ2) is 8.42. The molecular weight excluding hydrogens is 452 g/mol.